The molecular weight excluding hydrogens is 1530 g/mol. The van der Waals surface area contributed by atoms with Gasteiger partial charge in [0.05, 0.1) is 65.4 Å². The van der Waals surface area contributed by atoms with Gasteiger partial charge in [0.15, 0.2) is 0 Å². The number of rotatable bonds is 16. The van der Waals surface area contributed by atoms with Gasteiger partial charge in [0, 0.05) is 0 Å². The molecule has 8 aliphatic rings. The van der Waals surface area contributed by atoms with E-state index in [1.165, 1.54) is 25.7 Å². The molecule has 4 amide bonds. The minimum Gasteiger partial charge on any atom is -0.273 e. The van der Waals surface area contributed by atoms with Crippen LogP contribution in [0, 0.1) is 101 Å². The molecule has 116 heavy (non-hydrogen) atoms. The van der Waals surface area contributed by atoms with Gasteiger partial charge in [-0.05, 0) is 229 Å². The molecule has 616 valence electrons. The predicted molar refractivity (Wildman–Crippen MR) is 455 cm³/mol. The first-order chi connectivity index (χ1) is 55.0. The van der Waals surface area contributed by atoms with E-state index in [0.717, 1.165) is 187 Å². The summed E-state index contributed by atoms with van der Waals surface area (Å²) in [7, 11) is -15.6. The van der Waals surface area contributed by atoms with Crippen LogP contribution in [0.2, 0.25) is 0 Å². The molecule has 8 fully saturated rings. The van der Waals surface area contributed by atoms with Crippen molar-refractivity contribution in [2.45, 2.75) is 255 Å². The van der Waals surface area contributed by atoms with Gasteiger partial charge in [-0.2, -0.15) is 0 Å². The lowest BCUT2D eigenvalue weighted by atomic mass is 9.59. The molecule has 8 aromatic rings. The second-order valence-corrected chi connectivity index (χ2v) is 42.7. The van der Waals surface area contributed by atoms with Gasteiger partial charge in [-0.15, -0.1) is 0 Å². The lowest BCUT2D eigenvalue weighted by Gasteiger charge is -2.57. The fourth-order valence-corrected chi connectivity index (χ4v) is 27.2. The summed E-state index contributed by atoms with van der Waals surface area (Å²) in [4.78, 5) is 54.6. The van der Waals surface area contributed by atoms with Crippen molar-refractivity contribution >= 4 is 63.7 Å². The SMILES string of the molecule is Cc1ccc([C@H]2N(S(=O)(=O)c3ccc(C)cc3)C(=O)[C@]2(C)C2CCCCC2)cc1.Cc1ccc([C@H]2N(S(=O)(=O)c3ccc(C)cc3)C(=O)[C@]2(C)C2CCCCC2)cc1.Cc1ccc([C@H]2N(S(=O)(=O)c3ccc(C)cc3)C(=O)[C@]2(C)C2CCCCC2)cc1.Cc1ccc([C@H]2N(S(=O)(=O)c3ccc(C)cc3)C(=O)[C@]2(C)C2CCCCC2)cc1. The summed E-state index contributed by atoms with van der Waals surface area (Å²) < 4.78 is 112. The number of β-lactam (4-membered cyclic amide) rings is 4. The van der Waals surface area contributed by atoms with Crippen LogP contribution in [0.15, 0.2) is 214 Å². The molecule has 8 atom stereocenters. The Morgan fingerprint density at radius 3 is 0.483 bits per heavy atom. The van der Waals surface area contributed by atoms with E-state index in [0.29, 0.717) is 0 Å². The monoisotopic (exact) mass is 1640 g/mol. The molecule has 0 N–H and O–H groups in total. The zero-order valence-corrected chi connectivity index (χ0v) is 72.8. The van der Waals surface area contributed by atoms with E-state index in [2.05, 4.69) is 0 Å². The number of carbonyl (C=O) groups is 4. The van der Waals surface area contributed by atoms with Crippen LogP contribution in [-0.4, -0.2) is 74.5 Å². The average molecular weight is 1650 g/mol. The van der Waals surface area contributed by atoms with Crippen LogP contribution in [0.3, 0.4) is 0 Å². The Morgan fingerprint density at radius 2 is 0.345 bits per heavy atom. The molecule has 0 radical (unpaired) electrons. The third-order valence-electron chi connectivity index (χ3n) is 27.6. The molecule has 16 nitrogen and oxygen atoms in total. The standard InChI is InChI=1S/4C24H29NO3S/c4*1-17-9-13-19(14-10-17)22-24(3,20-7-5-4-6-8-20)23(26)25(22)29(27,28)21-15-11-18(2)12-16-21/h4*9-16,20,22H,4-8H2,1-3H3/t4*22-,24-/m1111/s1. The maximum Gasteiger partial charge on any atom is 0.267 e. The molecule has 20 heteroatoms. The number of amides is 4. The van der Waals surface area contributed by atoms with Crippen molar-refractivity contribution < 1.29 is 52.8 Å². The van der Waals surface area contributed by atoms with Gasteiger partial charge >= 0.3 is 0 Å². The third-order valence-corrected chi connectivity index (χ3v) is 34.6. The fraction of sp³-hybridized carbons (Fsp3) is 0.458. The second kappa shape index (κ2) is 33.7. The van der Waals surface area contributed by atoms with Gasteiger partial charge < -0.3 is 0 Å². The topological polar surface area (TPSA) is 218 Å². The lowest BCUT2D eigenvalue weighted by molar-refractivity contribution is -0.168. The van der Waals surface area contributed by atoms with E-state index in [1.54, 1.807) is 97.1 Å². The van der Waals surface area contributed by atoms with Crippen LogP contribution in [0.1, 0.15) is 247 Å². The van der Waals surface area contributed by atoms with Crippen LogP contribution in [0.4, 0.5) is 0 Å². The van der Waals surface area contributed by atoms with Gasteiger partial charge in [-0.1, -0.05) is 267 Å². The highest BCUT2D eigenvalue weighted by atomic mass is 32.2. The minimum atomic E-state index is -3.90. The number of benzene rings is 8. The van der Waals surface area contributed by atoms with Crippen molar-refractivity contribution in [1.29, 1.82) is 0 Å². The largest absolute Gasteiger partial charge is 0.273 e. The molecule has 0 bridgehead atoms. The third kappa shape index (κ3) is 15.6. The second-order valence-electron chi connectivity index (χ2n) is 35.4. The van der Waals surface area contributed by atoms with E-state index in [1.807, 2.05) is 180 Å². The van der Waals surface area contributed by atoms with Crippen LogP contribution < -0.4 is 0 Å². The van der Waals surface area contributed by atoms with Crippen molar-refractivity contribution in [1.82, 2.24) is 17.2 Å². The minimum absolute atomic E-state index is 0.180. The Morgan fingerprint density at radius 1 is 0.216 bits per heavy atom. The summed E-state index contributed by atoms with van der Waals surface area (Å²) in [5.74, 6) is -0.129. The summed E-state index contributed by atoms with van der Waals surface area (Å²) in [5, 5.41) is 0. The van der Waals surface area contributed by atoms with Crippen molar-refractivity contribution in [3.63, 3.8) is 0 Å². The number of hydrogen-bond acceptors (Lipinski definition) is 12. The van der Waals surface area contributed by atoms with Crippen molar-refractivity contribution in [3.8, 4) is 0 Å². The van der Waals surface area contributed by atoms with Gasteiger partial charge in [0.25, 0.3) is 40.1 Å². The van der Waals surface area contributed by atoms with Crippen LogP contribution in [0.5, 0.6) is 0 Å². The Hall–Kier alpha value is -8.56. The van der Waals surface area contributed by atoms with Crippen molar-refractivity contribution in [2.24, 2.45) is 45.3 Å². The smallest absolute Gasteiger partial charge is 0.267 e. The first kappa shape index (κ1) is 85.3. The Kier molecular flexibility index (Phi) is 24.8. The lowest BCUT2D eigenvalue weighted by Crippen LogP contribution is -2.66. The fourth-order valence-electron chi connectivity index (χ4n) is 20.2. The molecule has 4 aliphatic carbocycles. The molecule has 0 aromatic heterocycles. The summed E-state index contributed by atoms with van der Waals surface area (Å²) >= 11 is 0. The molecule has 4 saturated carbocycles. The maximum absolute atomic E-state index is 13.5. The van der Waals surface area contributed by atoms with Crippen LogP contribution in [-0.2, 0) is 59.3 Å². The first-order valence-electron chi connectivity index (χ1n) is 41.9. The summed E-state index contributed by atoms with van der Waals surface area (Å²) in [6, 6.07) is 57.0. The number of carbonyl (C=O) groups excluding carboxylic acids is 4. The average Bonchev–Trinajstić information content (AvgIpc) is 0.709. The quantitative estimate of drug-likeness (QED) is 0.0825. The highest BCUT2D eigenvalue weighted by molar-refractivity contribution is 7.90. The van der Waals surface area contributed by atoms with Gasteiger partial charge in [-0.3, -0.25) is 19.2 Å². The van der Waals surface area contributed by atoms with E-state index in [-0.39, 0.29) is 66.9 Å². The van der Waals surface area contributed by atoms with E-state index in [4.69, 9.17) is 0 Å². The zero-order chi connectivity index (χ0) is 83.2. The number of hydrogen-bond donors (Lipinski definition) is 0. The summed E-state index contributed by atoms with van der Waals surface area (Å²) in [5.41, 5.74) is 9.33. The molecular formula is C96H116N4O12S4. The molecule has 4 aliphatic heterocycles. The predicted octanol–water partition coefficient (Wildman–Crippen LogP) is 20.6. The highest BCUT2D eigenvalue weighted by Crippen LogP contribution is 2.64. The van der Waals surface area contributed by atoms with Gasteiger partial charge in [0.1, 0.15) is 0 Å². The normalized spacial score (nSPS) is 25.7. The Balaban J connectivity index is 0.000000135. The Labute approximate surface area is 690 Å². The van der Waals surface area contributed by atoms with Gasteiger partial charge in [0.2, 0.25) is 23.6 Å². The number of sulfonamides is 4. The van der Waals surface area contributed by atoms with Crippen LogP contribution >= 0.6 is 0 Å². The number of aryl methyl sites for hydroxylation is 8. The van der Waals surface area contributed by atoms with Crippen molar-refractivity contribution in [2.75, 3.05) is 0 Å². The maximum atomic E-state index is 13.5. The van der Waals surface area contributed by atoms with E-state index in [9.17, 15) is 52.8 Å². The van der Waals surface area contributed by atoms with Crippen molar-refractivity contribution in [3.05, 3.63) is 261 Å². The summed E-state index contributed by atoms with van der Waals surface area (Å²) in [6.45, 7) is 23.6. The molecule has 0 spiro atoms. The molecule has 4 heterocycles. The van der Waals surface area contributed by atoms with Gasteiger partial charge in [-0.25, -0.2) is 50.9 Å². The van der Waals surface area contributed by atoms with Crippen LogP contribution in [0.25, 0.3) is 0 Å². The van der Waals surface area contributed by atoms with E-state index >= 15 is 0 Å². The first-order valence-corrected chi connectivity index (χ1v) is 47.7. The van der Waals surface area contributed by atoms with E-state index < -0.39 is 85.9 Å². The zero-order valence-electron chi connectivity index (χ0n) is 69.6. The molecule has 8 aromatic carbocycles. The Bertz CT molecular complexity index is 4700. The number of nitrogens with zero attached hydrogens (tertiary/aromatic N) is 4. The molecule has 4 saturated heterocycles. The molecule has 16 rings (SSSR count). The summed E-state index contributed by atoms with van der Waals surface area (Å²) in [6.07, 6.45) is 21.6. The molecule has 0 unspecified atom stereocenters. The highest BCUT2D eigenvalue weighted by Gasteiger charge is 2.69.